The number of nitrogens with one attached hydrogen (secondary N) is 1. The normalized spacial score (nSPS) is 12.2. The Labute approximate surface area is 117 Å². The van der Waals surface area contributed by atoms with Crippen molar-refractivity contribution in [1.29, 1.82) is 0 Å². The van der Waals surface area contributed by atoms with Crippen molar-refractivity contribution in [2.24, 2.45) is 0 Å². The van der Waals surface area contributed by atoms with Crippen LogP contribution in [0.5, 0.6) is 0 Å². The summed E-state index contributed by atoms with van der Waals surface area (Å²) in [5, 5.41) is 5.06. The summed E-state index contributed by atoms with van der Waals surface area (Å²) in [6, 6.07) is 0.915. The number of thiazole rings is 1. The number of rotatable bonds is 3. The van der Waals surface area contributed by atoms with Crippen LogP contribution < -0.4 is 5.32 Å². The van der Waals surface area contributed by atoms with Crippen molar-refractivity contribution in [2.75, 3.05) is 0 Å². The average molecular weight is 300 g/mol. The number of nitrogens with zero attached hydrogens (tertiary/aromatic N) is 1. The van der Waals surface area contributed by atoms with E-state index >= 15 is 0 Å². The third-order valence-electron chi connectivity index (χ3n) is 2.60. The van der Waals surface area contributed by atoms with E-state index in [1.165, 1.54) is 11.3 Å². The zero-order chi connectivity index (χ0) is 14.9. The fourth-order valence-corrected chi connectivity index (χ4v) is 2.40. The number of carbonyl (C=O) groups is 1. The summed E-state index contributed by atoms with van der Waals surface area (Å²) in [7, 11) is 0. The summed E-state index contributed by atoms with van der Waals surface area (Å²) in [6.45, 7) is 3.52. The highest BCUT2D eigenvalue weighted by Gasteiger charge is 2.18. The van der Waals surface area contributed by atoms with Crippen LogP contribution in [0.3, 0.4) is 0 Å². The SMILES string of the molecule is Cc1csc(C(C)NC(=O)c2cc(F)c(F)c(F)c2)n1. The van der Waals surface area contributed by atoms with E-state index < -0.39 is 29.4 Å². The van der Waals surface area contributed by atoms with Gasteiger partial charge in [0.05, 0.1) is 6.04 Å². The third kappa shape index (κ3) is 2.98. The highest BCUT2D eigenvalue weighted by Crippen LogP contribution is 2.19. The van der Waals surface area contributed by atoms with Crippen molar-refractivity contribution in [3.8, 4) is 0 Å². The van der Waals surface area contributed by atoms with E-state index in [9.17, 15) is 18.0 Å². The quantitative estimate of drug-likeness (QED) is 0.883. The van der Waals surface area contributed by atoms with Crippen molar-refractivity contribution in [1.82, 2.24) is 10.3 Å². The molecule has 20 heavy (non-hydrogen) atoms. The Hall–Kier alpha value is -1.89. The van der Waals surface area contributed by atoms with Gasteiger partial charge >= 0.3 is 0 Å². The second kappa shape index (κ2) is 5.62. The maximum absolute atomic E-state index is 13.1. The van der Waals surface area contributed by atoms with Gasteiger partial charge in [-0.15, -0.1) is 11.3 Å². The summed E-state index contributed by atoms with van der Waals surface area (Å²) in [6.07, 6.45) is 0. The van der Waals surface area contributed by atoms with Gasteiger partial charge in [-0.3, -0.25) is 4.79 Å². The van der Waals surface area contributed by atoms with E-state index in [4.69, 9.17) is 0 Å². The minimum absolute atomic E-state index is 0.276. The fourth-order valence-electron chi connectivity index (χ4n) is 1.60. The molecule has 1 aromatic heterocycles. The molecule has 2 rings (SSSR count). The van der Waals surface area contributed by atoms with Crippen molar-refractivity contribution in [3.63, 3.8) is 0 Å². The summed E-state index contributed by atoms with van der Waals surface area (Å²) >= 11 is 1.37. The van der Waals surface area contributed by atoms with E-state index in [-0.39, 0.29) is 5.56 Å². The molecule has 0 saturated carbocycles. The Morgan fingerprint density at radius 1 is 1.30 bits per heavy atom. The van der Waals surface area contributed by atoms with Crippen LogP contribution in [0.25, 0.3) is 0 Å². The van der Waals surface area contributed by atoms with E-state index in [1.54, 1.807) is 6.92 Å². The van der Waals surface area contributed by atoms with Crippen LogP contribution >= 0.6 is 11.3 Å². The van der Waals surface area contributed by atoms with Crippen LogP contribution in [0.15, 0.2) is 17.5 Å². The van der Waals surface area contributed by atoms with E-state index in [2.05, 4.69) is 10.3 Å². The summed E-state index contributed by atoms with van der Waals surface area (Å²) in [5.74, 6) is -5.07. The third-order valence-corrected chi connectivity index (χ3v) is 3.75. The number of carbonyl (C=O) groups excluding carboxylic acids is 1. The molecule has 1 N–H and O–H groups in total. The van der Waals surface area contributed by atoms with Crippen molar-refractivity contribution >= 4 is 17.2 Å². The molecule has 0 radical (unpaired) electrons. The zero-order valence-electron chi connectivity index (χ0n) is 10.7. The van der Waals surface area contributed by atoms with E-state index in [0.717, 1.165) is 5.69 Å². The van der Waals surface area contributed by atoms with Crippen LogP contribution in [0.4, 0.5) is 13.2 Å². The van der Waals surface area contributed by atoms with E-state index in [1.807, 2.05) is 12.3 Å². The predicted octanol–water partition coefficient (Wildman–Crippen LogP) is 3.36. The molecular formula is C13H11F3N2OS. The molecule has 0 saturated heterocycles. The van der Waals surface area contributed by atoms with Crippen LogP contribution in [-0.4, -0.2) is 10.9 Å². The van der Waals surface area contributed by atoms with Gasteiger partial charge in [0.1, 0.15) is 5.01 Å². The lowest BCUT2D eigenvalue weighted by molar-refractivity contribution is 0.0938. The maximum Gasteiger partial charge on any atom is 0.252 e. The molecule has 0 spiro atoms. The first kappa shape index (κ1) is 14.5. The molecule has 2 aromatic rings. The minimum Gasteiger partial charge on any atom is -0.343 e. The Balaban J connectivity index is 2.16. The van der Waals surface area contributed by atoms with E-state index in [0.29, 0.717) is 17.1 Å². The monoisotopic (exact) mass is 300 g/mol. The van der Waals surface area contributed by atoms with Crippen LogP contribution in [0, 0.1) is 24.4 Å². The van der Waals surface area contributed by atoms with Crippen LogP contribution in [0.1, 0.15) is 34.0 Å². The molecule has 7 heteroatoms. The summed E-state index contributed by atoms with van der Waals surface area (Å²) in [5.41, 5.74) is 0.548. The number of aryl methyl sites for hydroxylation is 1. The molecular weight excluding hydrogens is 289 g/mol. The van der Waals surface area contributed by atoms with Gasteiger partial charge in [-0.1, -0.05) is 0 Å². The second-order valence-electron chi connectivity index (χ2n) is 4.28. The Kier molecular flexibility index (Phi) is 4.08. The molecule has 0 bridgehead atoms. The van der Waals surface area contributed by atoms with Crippen LogP contribution in [0.2, 0.25) is 0 Å². The zero-order valence-corrected chi connectivity index (χ0v) is 11.5. The Bertz CT molecular complexity index is 634. The first-order valence-corrected chi connectivity index (χ1v) is 6.64. The molecule has 1 amide bonds. The number of benzene rings is 1. The average Bonchev–Trinajstić information content (AvgIpc) is 2.82. The molecule has 0 fully saturated rings. The highest BCUT2D eigenvalue weighted by molar-refractivity contribution is 7.09. The van der Waals surface area contributed by atoms with Crippen molar-refractivity contribution in [3.05, 3.63) is 51.2 Å². The maximum atomic E-state index is 13.1. The van der Waals surface area contributed by atoms with Gasteiger partial charge in [-0.25, -0.2) is 18.2 Å². The molecule has 3 nitrogen and oxygen atoms in total. The smallest absolute Gasteiger partial charge is 0.252 e. The lowest BCUT2D eigenvalue weighted by Gasteiger charge is -2.11. The molecule has 0 aliphatic rings. The second-order valence-corrected chi connectivity index (χ2v) is 5.17. The molecule has 1 unspecified atom stereocenters. The first-order valence-electron chi connectivity index (χ1n) is 5.76. The number of amides is 1. The molecule has 1 atom stereocenters. The highest BCUT2D eigenvalue weighted by atomic mass is 32.1. The van der Waals surface area contributed by atoms with Gasteiger partial charge in [-0.2, -0.15) is 0 Å². The fraction of sp³-hybridized carbons (Fsp3) is 0.231. The number of hydrogen-bond acceptors (Lipinski definition) is 3. The molecule has 106 valence electrons. The van der Waals surface area contributed by atoms with Crippen molar-refractivity contribution < 1.29 is 18.0 Å². The van der Waals surface area contributed by atoms with Gasteiger partial charge in [0.15, 0.2) is 17.5 Å². The number of halogens is 3. The Morgan fingerprint density at radius 2 is 1.90 bits per heavy atom. The molecule has 0 aliphatic carbocycles. The van der Waals surface area contributed by atoms with Gasteiger partial charge < -0.3 is 5.32 Å². The summed E-state index contributed by atoms with van der Waals surface area (Å²) in [4.78, 5) is 16.1. The molecule has 1 heterocycles. The topological polar surface area (TPSA) is 42.0 Å². The van der Waals surface area contributed by atoms with Crippen molar-refractivity contribution in [2.45, 2.75) is 19.9 Å². The van der Waals surface area contributed by atoms with Gasteiger partial charge in [-0.05, 0) is 26.0 Å². The summed E-state index contributed by atoms with van der Waals surface area (Å²) < 4.78 is 38.9. The lowest BCUT2D eigenvalue weighted by Crippen LogP contribution is -2.27. The molecule has 0 aliphatic heterocycles. The van der Waals surface area contributed by atoms with Crippen LogP contribution in [-0.2, 0) is 0 Å². The lowest BCUT2D eigenvalue weighted by atomic mass is 10.2. The standard InChI is InChI=1S/C13H11F3N2OS/c1-6-5-20-13(17-6)7(2)18-12(19)8-3-9(14)11(16)10(15)4-8/h3-5,7H,1-2H3,(H,18,19). The minimum atomic E-state index is -1.59. The first-order chi connectivity index (χ1) is 9.38. The van der Waals surface area contributed by atoms with Gasteiger partial charge in [0.2, 0.25) is 0 Å². The van der Waals surface area contributed by atoms with Gasteiger partial charge in [0, 0.05) is 16.6 Å². The predicted molar refractivity (Wildman–Crippen MR) is 69.0 cm³/mol. The largest absolute Gasteiger partial charge is 0.343 e. The molecule has 1 aromatic carbocycles. The number of aromatic nitrogens is 1. The Morgan fingerprint density at radius 3 is 2.40 bits per heavy atom. The number of hydrogen-bond donors (Lipinski definition) is 1. The van der Waals surface area contributed by atoms with Gasteiger partial charge in [0.25, 0.3) is 5.91 Å².